The topological polar surface area (TPSA) is 47.1 Å². The Hall–Kier alpha value is -1.81. The number of para-hydroxylation sites is 1. The zero-order chi connectivity index (χ0) is 13.8. The first kappa shape index (κ1) is 13.6. The van der Waals surface area contributed by atoms with Crippen LogP contribution < -0.4 is 10.6 Å². The van der Waals surface area contributed by atoms with Gasteiger partial charge in [-0.1, -0.05) is 18.2 Å². The predicted molar refractivity (Wildman–Crippen MR) is 79.3 cm³/mol. The van der Waals surface area contributed by atoms with E-state index in [9.17, 15) is 0 Å². The van der Waals surface area contributed by atoms with Crippen LogP contribution in [0.4, 0.5) is 5.69 Å². The number of hydrogen-bond donors (Lipinski definition) is 1. The molecule has 0 spiro atoms. The van der Waals surface area contributed by atoms with Crippen molar-refractivity contribution in [1.29, 1.82) is 0 Å². The number of benzene rings is 1. The summed E-state index contributed by atoms with van der Waals surface area (Å²) in [6.45, 7) is 5.65. The van der Waals surface area contributed by atoms with Gasteiger partial charge in [0.2, 0.25) is 0 Å². The number of rotatable bonds is 5. The molecule has 1 aromatic heterocycles. The number of nitrogens with zero attached hydrogens (tertiary/aromatic N) is 3. The summed E-state index contributed by atoms with van der Waals surface area (Å²) in [4.78, 5) is 2.23. The van der Waals surface area contributed by atoms with Gasteiger partial charge in [0, 0.05) is 37.6 Å². The Morgan fingerprint density at radius 1 is 1.37 bits per heavy atom. The van der Waals surface area contributed by atoms with Gasteiger partial charge in [-0.15, -0.1) is 0 Å². The highest BCUT2D eigenvalue weighted by Crippen LogP contribution is 2.27. The second-order valence-electron chi connectivity index (χ2n) is 4.78. The number of likely N-dealkylation sites (N-methyl/N-ethyl adjacent to an activating group) is 1. The Morgan fingerprint density at radius 3 is 2.68 bits per heavy atom. The fourth-order valence-electron chi connectivity index (χ4n) is 2.37. The minimum absolute atomic E-state index is 0.154. The number of nitrogens with two attached hydrogens (primary N) is 1. The zero-order valence-electron chi connectivity index (χ0n) is 11.9. The van der Waals surface area contributed by atoms with E-state index < -0.39 is 0 Å². The highest BCUT2D eigenvalue weighted by molar-refractivity contribution is 5.54. The highest BCUT2D eigenvalue weighted by Gasteiger charge is 2.18. The van der Waals surface area contributed by atoms with Gasteiger partial charge in [-0.2, -0.15) is 5.10 Å². The molecule has 0 bridgehead atoms. The molecule has 1 aromatic carbocycles. The SMILES string of the molecule is CCn1cc(C(CN)N(C)c2ccccc2C)cn1. The third kappa shape index (κ3) is 2.79. The van der Waals surface area contributed by atoms with E-state index in [1.54, 1.807) is 0 Å². The summed E-state index contributed by atoms with van der Waals surface area (Å²) in [5.41, 5.74) is 9.59. The molecule has 0 saturated heterocycles. The van der Waals surface area contributed by atoms with Crippen molar-refractivity contribution in [2.24, 2.45) is 5.73 Å². The molecule has 1 heterocycles. The van der Waals surface area contributed by atoms with Gasteiger partial charge in [-0.05, 0) is 25.5 Å². The fraction of sp³-hybridized carbons (Fsp3) is 0.400. The summed E-state index contributed by atoms with van der Waals surface area (Å²) >= 11 is 0. The highest BCUT2D eigenvalue weighted by atomic mass is 15.3. The van der Waals surface area contributed by atoms with Crippen LogP contribution in [0.1, 0.15) is 24.1 Å². The van der Waals surface area contributed by atoms with Gasteiger partial charge in [0.1, 0.15) is 0 Å². The van der Waals surface area contributed by atoms with Crippen molar-refractivity contribution in [2.45, 2.75) is 26.4 Å². The van der Waals surface area contributed by atoms with Crippen LogP contribution in [0.2, 0.25) is 0 Å². The third-order valence-electron chi connectivity index (χ3n) is 3.55. The van der Waals surface area contributed by atoms with E-state index in [4.69, 9.17) is 5.73 Å². The van der Waals surface area contributed by atoms with Gasteiger partial charge in [0.05, 0.1) is 12.2 Å². The molecule has 4 heteroatoms. The Labute approximate surface area is 114 Å². The average molecular weight is 258 g/mol. The van der Waals surface area contributed by atoms with Crippen molar-refractivity contribution in [3.05, 3.63) is 47.8 Å². The number of aryl methyl sites for hydroxylation is 2. The first-order valence-corrected chi connectivity index (χ1v) is 6.68. The maximum absolute atomic E-state index is 5.97. The fourth-order valence-corrected chi connectivity index (χ4v) is 2.37. The summed E-state index contributed by atoms with van der Waals surface area (Å²) in [6.07, 6.45) is 3.99. The molecular formula is C15H22N4. The van der Waals surface area contributed by atoms with E-state index in [-0.39, 0.29) is 6.04 Å². The molecule has 2 N–H and O–H groups in total. The van der Waals surface area contributed by atoms with Crippen LogP contribution >= 0.6 is 0 Å². The Morgan fingerprint density at radius 2 is 2.11 bits per heavy atom. The molecule has 0 radical (unpaired) electrons. The molecular weight excluding hydrogens is 236 g/mol. The molecule has 0 aliphatic rings. The van der Waals surface area contributed by atoms with E-state index in [0.29, 0.717) is 6.54 Å². The van der Waals surface area contributed by atoms with E-state index in [1.165, 1.54) is 11.3 Å². The number of anilines is 1. The van der Waals surface area contributed by atoms with Crippen LogP contribution in [-0.2, 0) is 6.54 Å². The molecule has 1 atom stereocenters. The normalized spacial score (nSPS) is 12.4. The lowest BCUT2D eigenvalue weighted by atomic mass is 10.1. The quantitative estimate of drug-likeness (QED) is 0.895. The molecule has 0 aliphatic heterocycles. The monoisotopic (exact) mass is 258 g/mol. The van der Waals surface area contributed by atoms with Gasteiger partial charge in [0.15, 0.2) is 0 Å². The van der Waals surface area contributed by atoms with Crippen LogP contribution in [0.25, 0.3) is 0 Å². The van der Waals surface area contributed by atoms with E-state index in [0.717, 1.165) is 12.1 Å². The van der Waals surface area contributed by atoms with Crippen LogP contribution in [0.15, 0.2) is 36.7 Å². The minimum atomic E-state index is 0.154. The third-order valence-corrected chi connectivity index (χ3v) is 3.55. The minimum Gasteiger partial charge on any atom is -0.366 e. The van der Waals surface area contributed by atoms with E-state index >= 15 is 0 Å². The van der Waals surface area contributed by atoms with Crippen molar-refractivity contribution in [2.75, 3.05) is 18.5 Å². The lowest BCUT2D eigenvalue weighted by molar-refractivity contribution is 0.651. The molecule has 2 aromatic rings. The zero-order valence-corrected chi connectivity index (χ0v) is 11.9. The summed E-state index contributed by atoms with van der Waals surface area (Å²) in [5.74, 6) is 0. The van der Waals surface area contributed by atoms with Gasteiger partial charge in [-0.25, -0.2) is 0 Å². The molecule has 4 nitrogen and oxygen atoms in total. The molecule has 19 heavy (non-hydrogen) atoms. The van der Waals surface area contributed by atoms with Crippen LogP contribution in [0, 0.1) is 6.92 Å². The second-order valence-corrected chi connectivity index (χ2v) is 4.78. The molecule has 0 amide bonds. The van der Waals surface area contributed by atoms with E-state index in [2.05, 4.69) is 61.4 Å². The van der Waals surface area contributed by atoms with Crippen LogP contribution in [0.5, 0.6) is 0 Å². The van der Waals surface area contributed by atoms with Gasteiger partial charge in [0.25, 0.3) is 0 Å². The molecule has 2 rings (SSSR count). The Kier molecular flexibility index (Phi) is 4.22. The van der Waals surface area contributed by atoms with Crippen molar-refractivity contribution in [3.8, 4) is 0 Å². The summed E-state index contributed by atoms with van der Waals surface area (Å²) in [5, 5.41) is 4.34. The van der Waals surface area contributed by atoms with Crippen LogP contribution in [0.3, 0.4) is 0 Å². The first-order chi connectivity index (χ1) is 9.17. The molecule has 1 unspecified atom stereocenters. The molecule has 0 aliphatic carbocycles. The summed E-state index contributed by atoms with van der Waals surface area (Å²) in [6, 6.07) is 8.51. The van der Waals surface area contributed by atoms with Crippen molar-refractivity contribution >= 4 is 5.69 Å². The lowest BCUT2D eigenvalue weighted by Crippen LogP contribution is -2.30. The van der Waals surface area contributed by atoms with Crippen LogP contribution in [-0.4, -0.2) is 23.4 Å². The Bertz CT molecular complexity index is 532. The maximum Gasteiger partial charge on any atom is 0.0692 e. The first-order valence-electron chi connectivity index (χ1n) is 6.68. The largest absolute Gasteiger partial charge is 0.366 e. The summed E-state index contributed by atoms with van der Waals surface area (Å²) in [7, 11) is 2.09. The van der Waals surface area contributed by atoms with Crippen molar-refractivity contribution < 1.29 is 0 Å². The molecule has 0 fully saturated rings. The maximum atomic E-state index is 5.97. The number of hydrogen-bond acceptors (Lipinski definition) is 3. The predicted octanol–water partition coefficient (Wildman–Crippen LogP) is 2.35. The average Bonchev–Trinajstić information content (AvgIpc) is 2.88. The lowest BCUT2D eigenvalue weighted by Gasteiger charge is -2.29. The molecule has 102 valence electrons. The van der Waals surface area contributed by atoms with Gasteiger partial charge in [-0.3, -0.25) is 4.68 Å². The Balaban J connectivity index is 2.29. The van der Waals surface area contributed by atoms with Crippen molar-refractivity contribution in [3.63, 3.8) is 0 Å². The smallest absolute Gasteiger partial charge is 0.0692 e. The second kappa shape index (κ2) is 5.89. The van der Waals surface area contributed by atoms with E-state index in [1.807, 2.05) is 10.9 Å². The summed E-state index contributed by atoms with van der Waals surface area (Å²) < 4.78 is 1.93. The molecule has 0 saturated carbocycles. The van der Waals surface area contributed by atoms with Crippen molar-refractivity contribution in [1.82, 2.24) is 9.78 Å². The van der Waals surface area contributed by atoms with Gasteiger partial charge < -0.3 is 10.6 Å². The standard InChI is InChI=1S/C15H22N4/c1-4-19-11-13(10-17-19)15(9-16)18(3)14-8-6-5-7-12(14)2/h5-8,10-11,15H,4,9,16H2,1-3H3. The number of aromatic nitrogens is 2. The van der Waals surface area contributed by atoms with Gasteiger partial charge >= 0.3 is 0 Å².